The van der Waals surface area contributed by atoms with E-state index in [0.717, 1.165) is 6.54 Å². The lowest BCUT2D eigenvalue weighted by Gasteiger charge is -2.37. The molecule has 13 heavy (non-hydrogen) atoms. The Morgan fingerprint density at radius 3 is 2.54 bits per heavy atom. The third-order valence-corrected chi connectivity index (χ3v) is 2.27. The van der Waals surface area contributed by atoms with Gasteiger partial charge in [-0.3, -0.25) is 4.79 Å². The molecule has 0 aromatic carbocycles. The molecule has 1 atom stereocenters. The Kier molecular flexibility index (Phi) is 2.96. The van der Waals surface area contributed by atoms with Crippen LogP contribution < -0.4 is 0 Å². The first kappa shape index (κ1) is 10.5. The van der Waals surface area contributed by atoms with E-state index in [1.165, 1.54) is 0 Å². The highest BCUT2D eigenvalue weighted by atomic mass is 16.5. The number of hydrogen-bond acceptors (Lipinski definition) is 2. The van der Waals surface area contributed by atoms with Crippen LogP contribution in [0.2, 0.25) is 0 Å². The molecule has 1 amide bonds. The molecule has 0 aliphatic carbocycles. The van der Waals surface area contributed by atoms with Crippen molar-refractivity contribution >= 4 is 5.91 Å². The number of rotatable bonds is 0. The van der Waals surface area contributed by atoms with Crippen molar-refractivity contribution in [2.24, 2.45) is 5.41 Å². The first-order chi connectivity index (χ1) is 5.93. The van der Waals surface area contributed by atoms with Gasteiger partial charge in [-0.25, -0.2) is 0 Å². The van der Waals surface area contributed by atoms with E-state index in [-0.39, 0.29) is 17.4 Å². The molecule has 3 heteroatoms. The van der Waals surface area contributed by atoms with Crippen LogP contribution in [-0.4, -0.2) is 36.6 Å². The predicted molar refractivity (Wildman–Crippen MR) is 51.4 cm³/mol. The van der Waals surface area contributed by atoms with Crippen molar-refractivity contribution in [3.63, 3.8) is 0 Å². The second-order valence-corrected chi connectivity index (χ2v) is 4.67. The van der Waals surface area contributed by atoms with Crippen LogP contribution in [0, 0.1) is 5.41 Å². The molecule has 0 N–H and O–H groups in total. The van der Waals surface area contributed by atoms with Crippen molar-refractivity contribution in [2.75, 3.05) is 19.8 Å². The van der Waals surface area contributed by atoms with Gasteiger partial charge in [0.2, 0.25) is 5.91 Å². The zero-order chi connectivity index (χ0) is 10.1. The van der Waals surface area contributed by atoms with Gasteiger partial charge in [0.15, 0.2) is 0 Å². The summed E-state index contributed by atoms with van der Waals surface area (Å²) in [7, 11) is 0. The Bertz CT molecular complexity index is 196. The fourth-order valence-electron chi connectivity index (χ4n) is 1.46. The molecule has 76 valence electrons. The minimum Gasteiger partial charge on any atom is -0.377 e. The molecule has 1 saturated heterocycles. The van der Waals surface area contributed by atoms with E-state index < -0.39 is 0 Å². The monoisotopic (exact) mass is 185 g/mol. The molecule has 1 rings (SSSR count). The summed E-state index contributed by atoms with van der Waals surface area (Å²) in [5, 5.41) is 0. The summed E-state index contributed by atoms with van der Waals surface area (Å²) in [4.78, 5) is 13.8. The van der Waals surface area contributed by atoms with Gasteiger partial charge in [-0.1, -0.05) is 20.8 Å². The number of carbonyl (C=O) groups excluding carboxylic acids is 1. The van der Waals surface area contributed by atoms with Crippen molar-refractivity contribution in [3.05, 3.63) is 0 Å². The van der Waals surface area contributed by atoms with Crippen molar-refractivity contribution < 1.29 is 9.53 Å². The van der Waals surface area contributed by atoms with E-state index in [1.807, 2.05) is 32.6 Å². The molecule has 3 nitrogen and oxygen atoms in total. The topological polar surface area (TPSA) is 29.5 Å². The van der Waals surface area contributed by atoms with Crippen molar-refractivity contribution in [1.82, 2.24) is 4.90 Å². The van der Waals surface area contributed by atoms with E-state index in [1.54, 1.807) is 0 Å². The molecule has 1 aliphatic rings. The third kappa shape index (κ3) is 2.44. The Labute approximate surface area is 80.1 Å². The van der Waals surface area contributed by atoms with Gasteiger partial charge >= 0.3 is 0 Å². The van der Waals surface area contributed by atoms with E-state index in [4.69, 9.17) is 4.74 Å². The van der Waals surface area contributed by atoms with Crippen LogP contribution in [0.3, 0.4) is 0 Å². The van der Waals surface area contributed by atoms with E-state index in [0.29, 0.717) is 13.2 Å². The van der Waals surface area contributed by atoms with Gasteiger partial charge < -0.3 is 9.64 Å². The zero-order valence-electron chi connectivity index (χ0n) is 8.96. The van der Waals surface area contributed by atoms with E-state index >= 15 is 0 Å². The quantitative estimate of drug-likeness (QED) is 0.569. The van der Waals surface area contributed by atoms with Crippen LogP contribution in [0.25, 0.3) is 0 Å². The van der Waals surface area contributed by atoms with Gasteiger partial charge in [-0.15, -0.1) is 0 Å². The van der Waals surface area contributed by atoms with E-state index in [2.05, 4.69) is 0 Å². The minimum atomic E-state index is -0.272. The van der Waals surface area contributed by atoms with Crippen LogP contribution in [0.4, 0.5) is 0 Å². The Morgan fingerprint density at radius 1 is 1.46 bits per heavy atom. The Morgan fingerprint density at radius 2 is 2.08 bits per heavy atom. The molecule has 0 saturated carbocycles. The second-order valence-electron chi connectivity index (χ2n) is 4.67. The third-order valence-electron chi connectivity index (χ3n) is 2.27. The average molecular weight is 185 g/mol. The van der Waals surface area contributed by atoms with Gasteiger partial charge in [0.25, 0.3) is 0 Å². The fourth-order valence-corrected chi connectivity index (χ4v) is 1.46. The summed E-state index contributed by atoms with van der Waals surface area (Å²) in [5.41, 5.74) is -0.272. The van der Waals surface area contributed by atoms with Gasteiger partial charge in [-0.05, 0) is 6.92 Å². The number of morpholine rings is 1. The molecule has 0 spiro atoms. The maximum Gasteiger partial charge on any atom is 0.228 e. The Hall–Kier alpha value is -0.570. The predicted octanol–water partition coefficient (Wildman–Crippen LogP) is 1.28. The number of carbonyl (C=O) groups is 1. The minimum absolute atomic E-state index is 0.223. The van der Waals surface area contributed by atoms with Gasteiger partial charge in [0, 0.05) is 12.0 Å². The largest absolute Gasteiger partial charge is 0.377 e. The highest BCUT2D eigenvalue weighted by Crippen LogP contribution is 2.20. The fraction of sp³-hybridized carbons (Fsp3) is 0.900. The molecule has 1 unspecified atom stereocenters. The van der Waals surface area contributed by atoms with Gasteiger partial charge in [0.1, 0.15) is 0 Å². The van der Waals surface area contributed by atoms with Crippen LogP contribution in [-0.2, 0) is 9.53 Å². The van der Waals surface area contributed by atoms with Crippen molar-refractivity contribution in [3.8, 4) is 0 Å². The first-order valence-electron chi connectivity index (χ1n) is 4.82. The molecule has 0 radical (unpaired) electrons. The maximum atomic E-state index is 11.9. The highest BCUT2D eigenvalue weighted by Gasteiger charge is 2.31. The SMILES string of the molecule is CC1COCCN1C(=O)C(C)(C)C. The summed E-state index contributed by atoms with van der Waals surface area (Å²) >= 11 is 0. The first-order valence-corrected chi connectivity index (χ1v) is 4.82. The van der Waals surface area contributed by atoms with E-state index in [9.17, 15) is 4.79 Å². The van der Waals surface area contributed by atoms with Crippen molar-refractivity contribution in [2.45, 2.75) is 33.7 Å². The Balaban J connectivity index is 2.64. The molecule has 0 aromatic heterocycles. The number of ether oxygens (including phenoxy) is 1. The highest BCUT2D eigenvalue weighted by molar-refractivity contribution is 5.81. The summed E-state index contributed by atoms with van der Waals surface area (Å²) in [6, 6.07) is 0.223. The summed E-state index contributed by atoms with van der Waals surface area (Å²) < 4.78 is 5.28. The number of hydrogen-bond donors (Lipinski definition) is 0. The van der Waals surface area contributed by atoms with Crippen molar-refractivity contribution in [1.29, 1.82) is 0 Å². The summed E-state index contributed by atoms with van der Waals surface area (Å²) in [6.45, 7) is 9.97. The van der Waals surface area contributed by atoms with Crippen LogP contribution >= 0.6 is 0 Å². The van der Waals surface area contributed by atoms with Gasteiger partial charge in [-0.2, -0.15) is 0 Å². The number of amides is 1. The van der Waals surface area contributed by atoms with Crippen LogP contribution in [0.1, 0.15) is 27.7 Å². The van der Waals surface area contributed by atoms with Gasteiger partial charge in [0.05, 0.1) is 19.3 Å². The molecule has 0 bridgehead atoms. The molecular formula is C10H19NO2. The van der Waals surface area contributed by atoms with Crippen LogP contribution in [0.15, 0.2) is 0 Å². The molecule has 0 aromatic rings. The lowest BCUT2D eigenvalue weighted by atomic mass is 9.94. The smallest absolute Gasteiger partial charge is 0.228 e. The molecule has 1 heterocycles. The maximum absolute atomic E-state index is 11.9. The average Bonchev–Trinajstić information content (AvgIpc) is 2.02. The normalized spacial score (nSPS) is 24.6. The molecular weight excluding hydrogens is 166 g/mol. The molecule has 1 aliphatic heterocycles. The number of nitrogens with zero attached hydrogens (tertiary/aromatic N) is 1. The molecule has 1 fully saturated rings. The summed E-state index contributed by atoms with van der Waals surface area (Å²) in [6.07, 6.45) is 0. The lowest BCUT2D eigenvalue weighted by molar-refractivity contribution is -0.147. The summed E-state index contributed by atoms with van der Waals surface area (Å²) in [5.74, 6) is 0.225. The standard InChI is InChI=1S/C10H19NO2/c1-8-7-13-6-5-11(8)9(12)10(2,3)4/h8H,5-7H2,1-4H3. The van der Waals surface area contributed by atoms with Crippen LogP contribution in [0.5, 0.6) is 0 Å². The zero-order valence-corrected chi connectivity index (χ0v) is 8.96. The second kappa shape index (κ2) is 3.66. The lowest BCUT2D eigenvalue weighted by Crippen LogP contribution is -2.50.